The molecule has 1 aromatic carbocycles. The van der Waals surface area contributed by atoms with Crippen molar-refractivity contribution in [2.75, 3.05) is 6.61 Å². The minimum atomic E-state index is -4.51. The molecule has 1 amide bonds. The fourth-order valence-electron chi connectivity index (χ4n) is 3.96. The van der Waals surface area contributed by atoms with Crippen LogP contribution in [0.3, 0.4) is 0 Å². The number of ether oxygens (including phenoxy) is 1. The molecule has 3 aromatic heterocycles. The number of carbonyl (C=O) groups excluding carboxylic acids is 1. The van der Waals surface area contributed by atoms with E-state index in [1.54, 1.807) is 18.2 Å². The normalized spacial score (nSPS) is 13.4. The summed E-state index contributed by atoms with van der Waals surface area (Å²) < 4.78 is 50.9. The van der Waals surface area contributed by atoms with E-state index in [1.165, 1.54) is 10.5 Å². The molecule has 5 rings (SSSR count). The number of hydrogen-bond acceptors (Lipinski definition) is 6. The summed E-state index contributed by atoms with van der Waals surface area (Å²) in [6.07, 6.45) is -1.18. The quantitative estimate of drug-likeness (QED) is 0.462. The van der Waals surface area contributed by atoms with Gasteiger partial charge in [0.15, 0.2) is 18.1 Å². The maximum atomic E-state index is 12.9. The van der Waals surface area contributed by atoms with Crippen LogP contribution in [0.15, 0.2) is 45.7 Å². The summed E-state index contributed by atoms with van der Waals surface area (Å²) in [5.41, 5.74) is 1.15. The van der Waals surface area contributed by atoms with Gasteiger partial charge in [0.1, 0.15) is 11.3 Å². The lowest BCUT2D eigenvalue weighted by Crippen LogP contribution is -2.29. The molecular weight excluding hydrogens is 441 g/mol. The van der Waals surface area contributed by atoms with Gasteiger partial charge in [0, 0.05) is 23.2 Å². The van der Waals surface area contributed by atoms with Crippen molar-refractivity contribution < 1.29 is 27.1 Å². The average molecular weight is 458 g/mol. The first-order valence-electron chi connectivity index (χ1n) is 10.2. The lowest BCUT2D eigenvalue weighted by Gasteiger charge is -2.09. The zero-order valence-corrected chi connectivity index (χ0v) is 17.1. The van der Waals surface area contributed by atoms with Gasteiger partial charge >= 0.3 is 11.8 Å². The number of alkyl halides is 3. The molecule has 0 unspecified atom stereocenters. The summed E-state index contributed by atoms with van der Waals surface area (Å²) in [4.78, 5) is 24.3. The molecule has 33 heavy (non-hydrogen) atoms. The monoisotopic (exact) mass is 458 g/mol. The van der Waals surface area contributed by atoms with Crippen LogP contribution in [0.2, 0.25) is 0 Å². The summed E-state index contributed by atoms with van der Waals surface area (Å²) in [5, 5.41) is 11.0. The lowest BCUT2D eigenvalue weighted by molar-refractivity contribution is -0.137. The molecule has 1 aliphatic rings. The van der Waals surface area contributed by atoms with Crippen LogP contribution in [-0.4, -0.2) is 27.1 Å². The number of benzene rings is 1. The number of carbonyl (C=O) groups is 1. The molecular formula is C22H17F3N4O4. The third-order valence-electron chi connectivity index (χ3n) is 5.56. The first-order chi connectivity index (χ1) is 15.8. The van der Waals surface area contributed by atoms with E-state index in [1.807, 2.05) is 0 Å². The van der Waals surface area contributed by atoms with Gasteiger partial charge in [-0.2, -0.15) is 13.2 Å². The minimum Gasteiger partial charge on any atom is -0.484 e. The van der Waals surface area contributed by atoms with E-state index in [-0.39, 0.29) is 30.2 Å². The molecule has 0 saturated heterocycles. The fraction of sp³-hybridized carbons (Fsp3) is 0.273. The SMILES string of the molecule is O=C(COc1ccc2c3c(c(=O)oc2c1)CCC3)NCc1nnc2ccc(C(F)(F)F)cn12. The zero-order valence-electron chi connectivity index (χ0n) is 17.1. The Morgan fingerprint density at radius 2 is 1.97 bits per heavy atom. The van der Waals surface area contributed by atoms with Crippen molar-refractivity contribution in [3.8, 4) is 5.75 Å². The molecule has 0 atom stereocenters. The summed E-state index contributed by atoms with van der Waals surface area (Å²) in [6, 6.07) is 7.18. The van der Waals surface area contributed by atoms with E-state index in [0.29, 0.717) is 17.8 Å². The van der Waals surface area contributed by atoms with Crippen LogP contribution in [0, 0.1) is 0 Å². The first kappa shape index (κ1) is 21.0. The Morgan fingerprint density at radius 3 is 2.79 bits per heavy atom. The first-order valence-corrected chi connectivity index (χ1v) is 10.2. The van der Waals surface area contributed by atoms with E-state index >= 15 is 0 Å². The van der Waals surface area contributed by atoms with Crippen LogP contribution in [0.4, 0.5) is 13.2 Å². The standard InChI is InChI=1S/C22H17F3N4O4/c23-22(24,25)12-4-7-18-27-28-19(29(18)10-12)9-26-20(30)11-32-13-5-6-15-14-2-1-3-16(14)21(31)33-17(15)8-13/h4-8,10H,1-3,9,11H2,(H,26,30). The van der Waals surface area contributed by atoms with Crippen molar-refractivity contribution in [3.63, 3.8) is 0 Å². The molecule has 0 radical (unpaired) electrons. The Morgan fingerprint density at radius 1 is 1.15 bits per heavy atom. The number of aryl methyl sites for hydroxylation is 1. The average Bonchev–Trinajstić information content (AvgIpc) is 3.43. The molecule has 4 aromatic rings. The van der Waals surface area contributed by atoms with Crippen LogP contribution in [0.25, 0.3) is 16.6 Å². The number of rotatable bonds is 5. The largest absolute Gasteiger partial charge is 0.484 e. The minimum absolute atomic E-state index is 0.136. The highest BCUT2D eigenvalue weighted by Crippen LogP contribution is 2.30. The Labute approximate surface area is 184 Å². The number of hydrogen-bond donors (Lipinski definition) is 1. The summed E-state index contributed by atoms with van der Waals surface area (Å²) >= 11 is 0. The highest BCUT2D eigenvalue weighted by atomic mass is 19.4. The summed E-state index contributed by atoms with van der Waals surface area (Å²) in [6.45, 7) is -0.478. The molecule has 11 heteroatoms. The zero-order chi connectivity index (χ0) is 23.2. The summed E-state index contributed by atoms with van der Waals surface area (Å²) in [7, 11) is 0. The molecule has 0 saturated carbocycles. The van der Waals surface area contributed by atoms with Crippen molar-refractivity contribution in [2.24, 2.45) is 0 Å². The van der Waals surface area contributed by atoms with Crippen LogP contribution >= 0.6 is 0 Å². The van der Waals surface area contributed by atoms with Crippen molar-refractivity contribution in [3.05, 3.63) is 69.5 Å². The van der Waals surface area contributed by atoms with Gasteiger partial charge in [-0.1, -0.05) is 0 Å². The van der Waals surface area contributed by atoms with E-state index < -0.39 is 17.6 Å². The Kier molecular flexibility index (Phi) is 5.03. The topological polar surface area (TPSA) is 98.7 Å². The Bertz CT molecular complexity index is 1440. The maximum Gasteiger partial charge on any atom is 0.417 e. The molecule has 3 heterocycles. The molecule has 1 aliphatic carbocycles. The van der Waals surface area contributed by atoms with Crippen molar-refractivity contribution >= 4 is 22.5 Å². The predicted octanol–water partition coefficient (Wildman–Crippen LogP) is 3.04. The maximum absolute atomic E-state index is 12.9. The van der Waals surface area contributed by atoms with Crippen LogP contribution in [-0.2, 0) is 30.4 Å². The van der Waals surface area contributed by atoms with Crippen molar-refractivity contribution in [1.82, 2.24) is 19.9 Å². The van der Waals surface area contributed by atoms with Gasteiger partial charge in [0.25, 0.3) is 5.91 Å². The smallest absolute Gasteiger partial charge is 0.417 e. The van der Waals surface area contributed by atoms with Gasteiger partial charge in [0.2, 0.25) is 0 Å². The number of pyridine rings is 1. The number of aromatic nitrogens is 3. The van der Waals surface area contributed by atoms with Crippen LogP contribution in [0.5, 0.6) is 5.75 Å². The highest BCUT2D eigenvalue weighted by Gasteiger charge is 2.31. The molecule has 0 spiro atoms. The Hall–Kier alpha value is -3.89. The number of amides is 1. The third kappa shape index (κ3) is 4.01. The second-order valence-electron chi connectivity index (χ2n) is 7.68. The molecule has 0 fully saturated rings. The van der Waals surface area contributed by atoms with E-state index in [0.717, 1.165) is 41.6 Å². The van der Waals surface area contributed by atoms with Gasteiger partial charge in [-0.25, -0.2) is 4.79 Å². The second-order valence-corrected chi connectivity index (χ2v) is 7.68. The highest BCUT2D eigenvalue weighted by molar-refractivity contribution is 5.83. The van der Waals surface area contributed by atoms with Gasteiger partial charge in [-0.3, -0.25) is 9.20 Å². The van der Waals surface area contributed by atoms with E-state index in [2.05, 4.69) is 15.5 Å². The van der Waals surface area contributed by atoms with E-state index in [4.69, 9.17) is 9.15 Å². The second kappa shape index (κ2) is 7.91. The molecule has 0 bridgehead atoms. The number of nitrogens with zero attached hydrogens (tertiary/aromatic N) is 3. The van der Waals surface area contributed by atoms with Crippen LogP contribution < -0.4 is 15.7 Å². The molecule has 0 aliphatic heterocycles. The molecule has 170 valence electrons. The fourth-order valence-corrected chi connectivity index (χ4v) is 3.96. The van der Waals surface area contributed by atoms with Crippen molar-refractivity contribution in [2.45, 2.75) is 32.0 Å². The Balaban J connectivity index is 1.25. The third-order valence-corrected chi connectivity index (χ3v) is 5.56. The lowest BCUT2D eigenvalue weighted by atomic mass is 10.1. The predicted molar refractivity (Wildman–Crippen MR) is 110 cm³/mol. The van der Waals surface area contributed by atoms with Gasteiger partial charge in [0.05, 0.1) is 12.1 Å². The molecule has 8 nitrogen and oxygen atoms in total. The van der Waals surface area contributed by atoms with E-state index in [9.17, 15) is 22.8 Å². The number of nitrogens with one attached hydrogen (secondary N) is 1. The number of halogens is 3. The van der Waals surface area contributed by atoms with Gasteiger partial charge in [-0.05, 0) is 49.1 Å². The molecule has 1 N–H and O–H groups in total. The van der Waals surface area contributed by atoms with Gasteiger partial charge in [-0.15, -0.1) is 10.2 Å². The van der Waals surface area contributed by atoms with Crippen molar-refractivity contribution in [1.29, 1.82) is 0 Å². The summed E-state index contributed by atoms with van der Waals surface area (Å²) in [5.74, 6) is -0.0125. The van der Waals surface area contributed by atoms with Gasteiger partial charge < -0.3 is 14.5 Å². The number of fused-ring (bicyclic) bond motifs is 4. The van der Waals surface area contributed by atoms with Crippen LogP contribution in [0.1, 0.15) is 28.9 Å².